The predicted octanol–water partition coefficient (Wildman–Crippen LogP) is 3.67. The Morgan fingerprint density at radius 2 is 1.42 bits per heavy atom. The maximum absolute atomic E-state index is 12.5. The zero-order chi connectivity index (χ0) is 17.6. The minimum absolute atomic E-state index is 0.0648. The van der Waals surface area contributed by atoms with Crippen molar-refractivity contribution in [3.63, 3.8) is 0 Å². The first-order chi connectivity index (χ1) is 11.4. The van der Waals surface area contributed by atoms with E-state index < -0.39 is 0 Å². The first-order valence-electron chi connectivity index (χ1n) is 8.44. The van der Waals surface area contributed by atoms with Crippen molar-refractivity contribution in [2.45, 2.75) is 31.7 Å². The van der Waals surface area contributed by atoms with E-state index in [1.54, 1.807) is 0 Å². The minimum Gasteiger partial charge on any atom is -0.354 e. The Morgan fingerprint density at radius 3 is 1.83 bits per heavy atom. The maximum atomic E-state index is 12.5. The maximum Gasteiger partial charge on any atom is 0.221 e. The molecule has 2 aromatic carbocycles. The van der Waals surface area contributed by atoms with Crippen LogP contribution in [0.3, 0.4) is 0 Å². The second-order valence-corrected chi connectivity index (χ2v) is 7.06. The van der Waals surface area contributed by atoms with Gasteiger partial charge in [-0.15, -0.1) is 0 Å². The van der Waals surface area contributed by atoms with Crippen molar-refractivity contribution < 1.29 is 4.79 Å². The number of carbonyl (C=O) groups is 1. The number of hydrogen-bond donors (Lipinski definition) is 1. The van der Waals surface area contributed by atoms with Crippen LogP contribution in [0.1, 0.15) is 37.3 Å². The smallest absolute Gasteiger partial charge is 0.221 e. The third-order valence-electron chi connectivity index (χ3n) is 4.72. The summed E-state index contributed by atoms with van der Waals surface area (Å²) in [5, 5.41) is 3.09. The van der Waals surface area contributed by atoms with Gasteiger partial charge in [0.05, 0.1) is 0 Å². The molecule has 0 aliphatic heterocycles. The number of hydrogen-bond acceptors (Lipinski definition) is 2. The lowest BCUT2D eigenvalue weighted by molar-refractivity contribution is -0.121. The molecule has 0 atom stereocenters. The van der Waals surface area contributed by atoms with Gasteiger partial charge in [0.2, 0.25) is 5.91 Å². The van der Waals surface area contributed by atoms with Crippen LogP contribution in [0.2, 0.25) is 0 Å². The number of likely N-dealkylation sites (N-methyl/N-ethyl adjacent to an activating group) is 1. The average Bonchev–Trinajstić information content (AvgIpc) is 2.59. The third-order valence-corrected chi connectivity index (χ3v) is 4.72. The summed E-state index contributed by atoms with van der Waals surface area (Å²) in [7, 11) is 4.06. The number of nitrogens with one attached hydrogen (secondary N) is 1. The van der Waals surface area contributed by atoms with Crippen LogP contribution in [-0.4, -0.2) is 37.0 Å². The van der Waals surface area contributed by atoms with E-state index in [0.717, 1.165) is 0 Å². The molecular weight excluding hydrogens is 296 g/mol. The van der Waals surface area contributed by atoms with Crippen LogP contribution in [0.25, 0.3) is 0 Å². The number of benzene rings is 2. The first kappa shape index (κ1) is 18.2. The zero-order valence-electron chi connectivity index (χ0n) is 15.1. The van der Waals surface area contributed by atoms with E-state index in [0.29, 0.717) is 13.0 Å². The van der Waals surface area contributed by atoms with Gasteiger partial charge in [-0.2, -0.15) is 0 Å². The number of rotatable bonds is 7. The molecule has 0 heterocycles. The highest BCUT2D eigenvalue weighted by Crippen LogP contribution is 2.27. The van der Waals surface area contributed by atoms with Crippen molar-refractivity contribution in [2.24, 2.45) is 0 Å². The van der Waals surface area contributed by atoms with Crippen LogP contribution >= 0.6 is 0 Å². The molecule has 0 unspecified atom stereocenters. The van der Waals surface area contributed by atoms with Gasteiger partial charge >= 0.3 is 0 Å². The Kier molecular flexibility index (Phi) is 6.16. The summed E-state index contributed by atoms with van der Waals surface area (Å²) in [5.74, 6) is 0.164. The van der Waals surface area contributed by atoms with E-state index in [4.69, 9.17) is 0 Å². The quantitative estimate of drug-likeness (QED) is 0.843. The summed E-state index contributed by atoms with van der Waals surface area (Å²) in [4.78, 5) is 14.7. The summed E-state index contributed by atoms with van der Waals surface area (Å²) in [6.45, 7) is 4.88. The van der Waals surface area contributed by atoms with Crippen LogP contribution in [0, 0.1) is 0 Å². The Morgan fingerprint density at radius 1 is 0.958 bits per heavy atom. The van der Waals surface area contributed by atoms with Gasteiger partial charge in [0.25, 0.3) is 0 Å². The highest BCUT2D eigenvalue weighted by molar-refractivity contribution is 5.77. The molecule has 2 aromatic rings. The van der Waals surface area contributed by atoms with Crippen molar-refractivity contribution in [3.8, 4) is 0 Å². The summed E-state index contributed by atoms with van der Waals surface area (Å²) >= 11 is 0. The standard InChI is InChI=1S/C21H28N2O/c1-21(2,23(3)4)16-22-20(24)15-19(17-11-7-5-8-12-17)18-13-9-6-10-14-18/h5-14,19H,15-16H2,1-4H3,(H,22,24). The molecule has 3 heteroatoms. The largest absolute Gasteiger partial charge is 0.354 e. The zero-order valence-corrected chi connectivity index (χ0v) is 15.1. The van der Waals surface area contributed by atoms with E-state index in [1.165, 1.54) is 11.1 Å². The summed E-state index contributed by atoms with van der Waals surface area (Å²) in [6, 6.07) is 20.5. The van der Waals surface area contributed by atoms with Crippen LogP contribution in [0.4, 0.5) is 0 Å². The van der Waals surface area contributed by atoms with E-state index in [9.17, 15) is 4.79 Å². The Balaban J connectivity index is 2.11. The summed E-state index contributed by atoms with van der Waals surface area (Å²) < 4.78 is 0. The molecule has 24 heavy (non-hydrogen) atoms. The average molecular weight is 324 g/mol. The highest BCUT2D eigenvalue weighted by Gasteiger charge is 2.23. The number of nitrogens with zero attached hydrogens (tertiary/aromatic N) is 1. The van der Waals surface area contributed by atoms with Crippen molar-refractivity contribution in [1.29, 1.82) is 0 Å². The lowest BCUT2D eigenvalue weighted by atomic mass is 9.88. The van der Waals surface area contributed by atoms with Crippen LogP contribution < -0.4 is 5.32 Å². The molecule has 0 spiro atoms. The molecule has 1 N–H and O–H groups in total. The van der Waals surface area contributed by atoms with Gasteiger partial charge in [-0.05, 0) is 39.1 Å². The molecule has 0 aliphatic rings. The number of carbonyl (C=O) groups excluding carboxylic acids is 1. The lowest BCUT2D eigenvalue weighted by Gasteiger charge is -2.32. The van der Waals surface area contributed by atoms with Gasteiger partial charge in [-0.1, -0.05) is 60.7 Å². The summed E-state index contributed by atoms with van der Waals surface area (Å²) in [5.41, 5.74) is 2.28. The van der Waals surface area contributed by atoms with Gasteiger partial charge in [0, 0.05) is 24.4 Å². The molecule has 0 radical (unpaired) electrons. The fraction of sp³-hybridized carbons (Fsp3) is 0.381. The first-order valence-corrected chi connectivity index (χ1v) is 8.44. The van der Waals surface area contributed by atoms with Gasteiger partial charge < -0.3 is 10.2 Å². The lowest BCUT2D eigenvalue weighted by Crippen LogP contribution is -2.48. The molecule has 0 saturated heterocycles. The van der Waals surface area contributed by atoms with E-state index >= 15 is 0 Å². The Bertz CT molecular complexity index is 596. The monoisotopic (exact) mass is 324 g/mol. The fourth-order valence-electron chi connectivity index (χ4n) is 2.53. The van der Waals surface area contributed by atoms with Gasteiger partial charge in [-0.3, -0.25) is 4.79 Å². The van der Waals surface area contributed by atoms with Crippen molar-refractivity contribution in [1.82, 2.24) is 10.2 Å². The highest BCUT2D eigenvalue weighted by atomic mass is 16.1. The minimum atomic E-state index is -0.0648. The van der Waals surface area contributed by atoms with Crippen molar-refractivity contribution in [3.05, 3.63) is 71.8 Å². The Hall–Kier alpha value is -2.13. The fourth-order valence-corrected chi connectivity index (χ4v) is 2.53. The molecule has 0 fully saturated rings. The second-order valence-electron chi connectivity index (χ2n) is 7.06. The molecule has 3 nitrogen and oxygen atoms in total. The normalized spacial score (nSPS) is 11.8. The van der Waals surface area contributed by atoms with Crippen LogP contribution in [0.15, 0.2) is 60.7 Å². The van der Waals surface area contributed by atoms with Gasteiger partial charge in [0.15, 0.2) is 0 Å². The molecule has 0 aliphatic carbocycles. The van der Waals surface area contributed by atoms with Gasteiger partial charge in [-0.25, -0.2) is 0 Å². The predicted molar refractivity (Wildman–Crippen MR) is 100 cm³/mol. The molecule has 2 rings (SSSR count). The third kappa shape index (κ3) is 4.93. The topological polar surface area (TPSA) is 32.3 Å². The summed E-state index contributed by atoms with van der Waals surface area (Å²) in [6.07, 6.45) is 0.456. The second kappa shape index (κ2) is 8.11. The molecule has 1 amide bonds. The molecule has 0 saturated carbocycles. The molecular formula is C21H28N2O. The molecule has 0 bridgehead atoms. The number of amides is 1. The SMILES string of the molecule is CN(C)C(C)(C)CNC(=O)CC(c1ccccc1)c1ccccc1. The van der Waals surface area contributed by atoms with E-state index in [-0.39, 0.29) is 17.4 Å². The van der Waals surface area contributed by atoms with E-state index in [2.05, 4.69) is 48.3 Å². The van der Waals surface area contributed by atoms with E-state index in [1.807, 2.05) is 50.5 Å². The Labute approximate surface area is 145 Å². The molecule has 128 valence electrons. The van der Waals surface area contributed by atoms with Gasteiger partial charge in [0.1, 0.15) is 0 Å². The van der Waals surface area contributed by atoms with Crippen LogP contribution in [0.5, 0.6) is 0 Å². The molecule has 0 aromatic heterocycles. The van der Waals surface area contributed by atoms with Crippen molar-refractivity contribution >= 4 is 5.91 Å². The van der Waals surface area contributed by atoms with Crippen molar-refractivity contribution in [2.75, 3.05) is 20.6 Å². The van der Waals surface area contributed by atoms with Crippen LogP contribution in [-0.2, 0) is 4.79 Å².